The zero-order chi connectivity index (χ0) is 9.10. The minimum atomic E-state index is 0.215. The van der Waals surface area contributed by atoms with Gasteiger partial charge >= 0.3 is 0 Å². The first-order chi connectivity index (χ1) is 6.36. The molecular weight excluding hydrogens is 166 g/mol. The standard InChI is InChI=1S/C9H13N3O/c13-7-1-2-8(12-5-7)9-6-10-3-4-11-9/h1-2,5,9-11,13H,3-4,6H2. The van der Waals surface area contributed by atoms with Crippen molar-refractivity contribution >= 4 is 0 Å². The van der Waals surface area contributed by atoms with Crippen LogP contribution in [0, 0.1) is 0 Å². The number of hydrogen-bond donors (Lipinski definition) is 3. The van der Waals surface area contributed by atoms with Gasteiger partial charge < -0.3 is 15.7 Å². The SMILES string of the molecule is Oc1ccc(C2CNCCN2)nc1. The second kappa shape index (κ2) is 3.72. The smallest absolute Gasteiger partial charge is 0.133 e. The van der Waals surface area contributed by atoms with E-state index in [1.54, 1.807) is 6.07 Å². The Labute approximate surface area is 77.0 Å². The number of aromatic hydroxyl groups is 1. The van der Waals surface area contributed by atoms with E-state index in [-0.39, 0.29) is 11.8 Å². The van der Waals surface area contributed by atoms with Gasteiger partial charge in [-0.25, -0.2) is 0 Å². The topological polar surface area (TPSA) is 57.2 Å². The van der Waals surface area contributed by atoms with Crippen molar-refractivity contribution in [2.75, 3.05) is 19.6 Å². The van der Waals surface area contributed by atoms with Gasteiger partial charge in [0.05, 0.1) is 17.9 Å². The highest BCUT2D eigenvalue weighted by Gasteiger charge is 2.14. The van der Waals surface area contributed by atoms with Gasteiger partial charge in [-0.1, -0.05) is 0 Å². The molecule has 0 spiro atoms. The highest BCUT2D eigenvalue weighted by atomic mass is 16.3. The molecule has 2 heterocycles. The maximum absolute atomic E-state index is 9.06. The molecule has 0 saturated carbocycles. The van der Waals surface area contributed by atoms with Gasteiger partial charge in [-0.2, -0.15) is 0 Å². The summed E-state index contributed by atoms with van der Waals surface area (Å²) in [4.78, 5) is 4.15. The number of nitrogens with one attached hydrogen (secondary N) is 2. The molecule has 1 saturated heterocycles. The van der Waals surface area contributed by atoms with Crippen LogP contribution in [0.5, 0.6) is 5.75 Å². The summed E-state index contributed by atoms with van der Waals surface area (Å²) in [6, 6.07) is 3.79. The van der Waals surface area contributed by atoms with Gasteiger partial charge in [0.15, 0.2) is 0 Å². The maximum Gasteiger partial charge on any atom is 0.133 e. The van der Waals surface area contributed by atoms with E-state index in [4.69, 9.17) is 5.11 Å². The van der Waals surface area contributed by atoms with E-state index in [0.29, 0.717) is 0 Å². The first-order valence-corrected chi connectivity index (χ1v) is 4.45. The molecule has 2 rings (SSSR count). The van der Waals surface area contributed by atoms with Crippen molar-refractivity contribution in [3.8, 4) is 5.75 Å². The molecule has 1 aliphatic heterocycles. The fourth-order valence-electron chi connectivity index (χ4n) is 1.47. The Balaban J connectivity index is 2.10. The Morgan fingerprint density at radius 1 is 1.38 bits per heavy atom. The quantitative estimate of drug-likeness (QED) is 0.569. The van der Waals surface area contributed by atoms with E-state index in [2.05, 4.69) is 15.6 Å². The van der Waals surface area contributed by atoms with E-state index in [9.17, 15) is 0 Å². The third-order valence-corrected chi connectivity index (χ3v) is 2.17. The van der Waals surface area contributed by atoms with E-state index in [1.807, 2.05) is 6.07 Å². The third-order valence-electron chi connectivity index (χ3n) is 2.17. The zero-order valence-electron chi connectivity index (χ0n) is 7.33. The molecule has 4 nitrogen and oxygen atoms in total. The van der Waals surface area contributed by atoms with Gasteiger partial charge in [0.2, 0.25) is 0 Å². The van der Waals surface area contributed by atoms with Crippen LogP contribution >= 0.6 is 0 Å². The average Bonchev–Trinajstić information content (AvgIpc) is 2.20. The molecule has 0 aromatic carbocycles. The monoisotopic (exact) mass is 179 g/mol. The lowest BCUT2D eigenvalue weighted by molar-refractivity contribution is 0.420. The minimum Gasteiger partial charge on any atom is -0.506 e. The van der Waals surface area contributed by atoms with Crippen molar-refractivity contribution in [1.82, 2.24) is 15.6 Å². The number of nitrogens with zero attached hydrogens (tertiary/aromatic N) is 1. The maximum atomic E-state index is 9.06. The Bertz CT molecular complexity index is 267. The molecule has 1 atom stereocenters. The number of rotatable bonds is 1. The van der Waals surface area contributed by atoms with Crippen molar-refractivity contribution in [2.24, 2.45) is 0 Å². The average molecular weight is 179 g/mol. The molecule has 0 bridgehead atoms. The molecule has 1 unspecified atom stereocenters. The van der Waals surface area contributed by atoms with Crippen molar-refractivity contribution in [3.63, 3.8) is 0 Å². The fraction of sp³-hybridized carbons (Fsp3) is 0.444. The zero-order valence-corrected chi connectivity index (χ0v) is 7.33. The summed E-state index contributed by atoms with van der Waals surface area (Å²) in [5.41, 5.74) is 0.977. The van der Waals surface area contributed by atoms with Crippen LogP contribution in [0.3, 0.4) is 0 Å². The molecule has 1 aromatic heterocycles. The van der Waals surface area contributed by atoms with Gasteiger partial charge in [-0.05, 0) is 12.1 Å². The summed E-state index contributed by atoms with van der Waals surface area (Å²) in [6.45, 7) is 2.87. The number of hydrogen-bond acceptors (Lipinski definition) is 4. The van der Waals surface area contributed by atoms with Crippen LogP contribution in [0.25, 0.3) is 0 Å². The van der Waals surface area contributed by atoms with Gasteiger partial charge in [0.25, 0.3) is 0 Å². The van der Waals surface area contributed by atoms with E-state index in [1.165, 1.54) is 6.20 Å². The summed E-state index contributed by atoms with van der Waals surface area (Å²) < 4.78 is 0. The van der Waals surface area contributed by atoms with Crippen LogP contribution in [0.1, 0.15) is 11.7 Å². The Morgan fingerprint density at radius 2 is 2.31 bits per heavy atom. The van der Waals surface area contributed by atoms with Gasteiger partial charge in [0, 0.05) is 19.6 Å². The molecule has 0 aliphatic carbocycles. The summed E-state index contributed by atoms with van der Waals surface area (Å²) in [5.74, 6) is 0.215. The highest BCUT2D eigenvalue weighted by Crippen LogP contribution is 2.13. The molecular formula is C9H13N3O. The Hall–Kier alpha value is -1.13. The second-order valence-corrected chi connectivity index (χ2v) is 3.15. The molecule has 3 N–H and O–H groups in total. The summed E-state index contributed by atoms with van der Waals surface area (Å²) in [6.07, 6.45) is 1.48. The van der Waals surface area contributed by atoms with Crippen LogP contribution in [-0.4, -0.2) is 29.7 Å². The number of pyridine rings is 1. The van der Waals surface area contributed by atoms with Crippen molar-refractivity contribution in [1.29, 1.82) is 0 Å². The van der Waals surface area contributed by atoms with Gasteiger partial charge in [0.1, 0.15) is 5.75 Å². The van der Waals surface area contributed by atoms with Crippen LogP contribution in [-0.2, 0) is 0 Å². The van der Waals surface area contributed by atoms with Crippen LogP contribution < -0.4 is 10.6 Å². The Kier molecular flexibility index (Phi) is 2.42. The van der Waals surface area contributed by atoms with E-state index >= 15 is 0 Å². The van der Waals surface area contributed by atoms with Gasteiger partial charge in [-0.15, -0.1) is 0 Å². The normalized spacial score (nSPS) is 22.9. The first kappa shape index (κ1) is 8.47. The summed E-state index contributed by atoms with van der Waals surface area (Å²) in [7, 11) is 0. The lowest BCUT2D eigenvalue weighted by Crippen LogP contribution is -2.42. The lowest BCUT2D eigenvalue weighted by atomic mass is 10.1. The van der Waals surface area contributed by atoms with Crippen LogP contribution in [0.2, 0.25) is 0 Å². The molecule has 13 heavy (non-hydrogen) atoms. The van der Waals surface area contributed by atoms with Crippen molar-refractivity contribution in [2.45, 2.75) is 6.04 Å². The fourth-order valence-corrected chi connectivity index (χ4v) is 1.47. The first-order valence-electron chi connectivity index (χ1n) is 4.45. The van der Waals surface area contributed by atoms with E-state index < -0.39 is 0 Å². The molecule has 0 amide bonds. The van der Waals surface area contributed by atoms with Crippen LogP contribution in [0.15, 0.2) is 18.3 Å². The summed E-state index contributed by atoms with van der Waals surface area (Å²) >= 11 is 0. The molecule has 70 valence electrons. The second-order valence-electron chi connectivity index (χ2n) is 3.15. The number of piperazine rings is 1. The minimum absolute atomic E-state index is 0.215. The van der Waals surface area contributed by atoms with Crippen molar-refractivity contribution in [3.05, 3.63) is 24.0 Å². The Morgan fingerprint density at radius 3 is 2.92 bits per heavy atom. The number of aromatic nitrogens is 1. The molecule has 1 aliphatic rings. The molecule has 4 heteroatoms. The predicted molar refractivity (Wildman–Crippen MR) is 49.5 cm³/mol. The van der Waals surface area contributed by atoms with Crippen LogP contribution in [0.4, 0.5) is 0 Å². The lowest BCUT2D eigenvalue weighted by Gasteiger charge is -2.23. The highest BCUT2D eigenvalue weighted by molar-refractivity contribution is 5.20. The largest absolute Gasteiger partial charge is 0.506 e. The predicted octanol–water partition coefficient (Wildman–Crippen LogP) is 0.0211. The third kappa shape index (κ3) is 1.96. The van der Waals surface area contributed by atoms with E-state index in [0.717, 1.165) is 25.3 Å². The summed E-state index contributed by atoms with van der Waals surface area (Å²) in [5, 5.41) is 15.7. The molecule has 1 fully saturated rings. The molecule has 1 aromatic rings. The molecule has 0 radical (unpaired) electrons. The van der Waals surface area contributed by atoms with Crippen molar-refractivity contribution < 1.29 is 5.11 Å². The van der Waals surface area contributed by atoms with Gasteiger partial charge in [-0.3, -0.25) is 4.98 Å².